The van der Waals surface area contributed by atoms with E-state index in [-0.39, 0.29) is 6.61 Å². The van der Waals surface area contributed by atoms with Crippen LogP contribution in [-0.2, 0) is 6.42 Å². The van der Waals surface area contributed by atoms with Crippen LogP contribution in [0.3, 0.4) is 0 Å². The first-order valence-corrected chi connectivity index (χ1v) is 3.43. The smallest absolute Gasteiger partial charge is 0.133 e. The van der Waals surface area contributed by atoms with Crippen LogP contribution >= 0.6 is 0 Å². The lowest BCUT2D eigenvalue weighted by atomic mass is 10.3. The van der Waals surface area contributed by atoms with Crippen LogP contribution in [-0.4, -0.2) is 21.7 Å². The lowest BCUT2D eigenvalue weighted by Crippen LogP contribution is -2.03. The molecule has 1 rings (SSSR count). The first kappa shape index (κ1) is 7.94. The van der Waals surface area contributed by atoms with Gasteiger partial charge in [0.1, 0.15) is 11.6 Å². The van der Waals surface area contributed by atoms with Gasteiger partial charge in [-0.25, -0.2) is 9.97 Å². The normalized spacial score (nSPS) is 10.0. The van der Waals surface area contributed by atoms with Crippen LogP contribution in [0.2, 0.25) is 0 Å². The molecule has 0 saturated heterocycles. The maximum atomic E-state index is 8.58. The molecule has 4 nitrogen and oxygen atoms in total. The molecule has 0 aliphatic heterocycles. The van der Waals surface area contributed by atoms with Gasteiger partial charge in [0.05, 0.1) is 6.61 Å². The molecule has 4 heteroatoms. The van der Waals surface area contributed by atoms with E-state index in [1.807, 2.05) is 6.92 Å². The van der Waals surface area contributed by atoms with Gasteiger partial charge >= 0.3 is 0 Å². The minimum atomic E-state index is 0.0584. The first-order valence-electron chi connectivity index (χ1n) is 3.43. The van der Waals surface area contributed by atoms with Gasteiger partial charge in [0.15, 0.2) is 0 Å². The fourth-order valence-electron chi connectivity index (χ4n) is 0.868. The van der Waals surface area contributed by atoms with E-state index in [1.54, 1.807) is 6.07 Å². The third kappa shape index (κ3) is 2.16. The van der Waals surface area contributed by atoms with Crippen molar-refractivity contribution in [3.05, 3.63) is 17.6 Å². The fourth-order valence-corrected chi connectivity index (χ4v) is 0.868. The van der Waals surface area contributed by atoms with Crippen LogP contribution in [0.15, 0.2) is 6.07 Å². The summed E-state index contributed by atoms with van der Waals surface area (Å²) in [6, 6.07) is 1.70. The summed E-state index contributed by atoms with van der Waals surface area (Å²) in [5.74, 6) is 1.06. The highest BCUT2D eigenvalue weighted by Gasteiger charge is 1.97. The van der Waals surface area contributed by atoms with Crippen LogP contribution < -0.4 is 5.73 Å². The van der Waals surface area contributed by atoms with Crippen molar-refractivity contribution in [1.29, 1.82) is 0 Å². The molecular formula is C7H11N3O. The second kappa shape index (κ2) is 3.30. The fraction of sp³-hybridized carbons (Fsp3) is 0.429. The largest absolute Gasteiger partial charge is 0.396 e. The van der Waals surface area contributed by atoms with Crippen LogP contribution in [0.5, 0.6) is 0 Å². The number of anilines is 1. The van der Waals surface area contributed by atoms with Crippen LogP contribution in [0.1, 0.15) is 11.5 Å². The number of aliphatic hydroxyl groups is 1. The van der Waals surface area contributed by atoms with Crippen LogP contribution in [0.4, 0.5) is 5.82 Å². The molecule has 0 atom stereocenters. The molecule has 0 saturated carbocycles. The van der Waals surface area contributed by atoms with E-state index in [4.69, 9.17) is 10.8 Å². The Hall–Kier alpha value is -1.16. The summed E-state index contributed by atoms with van der Waals surface area (Å²) in [7, 11) is 0. The molecule has 0 aliphatic carbocycles. The third-order valence-corrected chi connectivity index (χ3v) is 1.26. The van der Waals surface area contributed by atoms with E-state index in [2.05, 4.69) is 9.97 Å². The summed E-state index contributed by atoms with van der Waals surface area (Å²) in [6.07, 6.45) is 0.464. The van der Waals surface area contributed by atoms with E-state index in [1.165, 1.54) is 0 Å². The number of nitrogen functional groups attached to an aromatic ring is 1. The predicted octanol–water partition coefficient (Wildman–Crippen LogP) is -0.0980. The third-order valence-electron chi connectivity index (χ3n) is 1.26. The number of hydrogen-bond donors (Lipinski definition) is 2. The Morgan fingerprint density at radius 3 is 2.82 bits per heavy atom. The van der Waals surface area contributed by atoms with Gasteiger partial charge in [-0.15, -0.1) is 0 Å². The molecule has 1 aromatic heterocycles. The summed E-state index contributed by atoms with van der Waals surface area (Å²) in [6.45, 7) is 1.90. The minimum Gasteiger partial charge on any atom is -0.396 e. The number of hydrogen-bond acceptors (Lipinski definition) is 4. The van der Waals surface area contributed by atoms with E-state index in [9.17, 15) is 0 Å². The van der Waals surface area contributed by atoms with Crippen molar-refractivity contribution in [2.45, 2.75) is 13.3 Å². The van der Waals surface area contributed by atoms with Crippen LogP contribution in [0, 0.1) is 6.92 Å². The molecule has 0 fully saturated rings. The van der Waals surface area contributed by atoms with E-state index >= 15 is 0 Å². The van der Waals surface area contributed by atoms with Gasteiger partial charge in [0.2, 0.25) is 0 Å². The zero-order valence-corrected chi connectivity index (χ0v) is 6.41. The van der Waals surface area contributed by atoms with E-state index < -0.39 is 0 Å². The predicted molar refractivity (Wildman–Crippen MR) is 42.0 cm³/mol. The molecular weight excluding hydrogens is 142 g/mol. The zero-order valence-electron chi connectivity index (χ0n) is 6.41. The van der Waals surface area contributed by atoms with Crippen molar-refractivity contribution in [1.82, 2.24) is 9.97 Å². The maximum absolute atomic E-state index is 8.58. The summed E-state index contributed by atoms with van der Waals surface area (Å²) in [5, 5.41) is 8.58. The molecule has 0 aliphatic rings. The highest BCUT2D eigenvalue weighted by molar-refractivity contribution is 5.29. The van der Waals surface area contributed by atoms with Gasteiger partial charge < -0.3 is 10.8 Å². The van der Waals surface area contributed by atoms with Crippen molar-refractivity contribution in [3.8, 4) is 0 Å². The highest BCUT2D eigenvalue weighted by Crippen LogP contribution is 2.01. The Kier molecular flexibility index (Phi) is 2.38. The average molecular weight is 153 g/mol. The van der Waals surface area contributed by atoms with Crippen molar-refractivity contribution >= 4 is 5.82 Å². The van der Waals surface area contributed by atoms with Gasteiger partial charge in [-0.1, -0.05) is 0 Å². The Bertz CT molecular complexity index is 229. The molecule has 0 amide bonds. The van der Waals surface area contributed by atoms with Crippen LogP contribution in [0.25, 0.3) is 0 Å². The number of nitrogens with zero attached hydrogens (tertiary/aromatic N) is 2. The van der Waals surface area contributed by atoms with Gasteiger partial charge in [-0.2, -0.15) is 0 Å². The Labute approximate surface area is 65.1 Å². The molecule has 0 bridgehead atoms. The molecule has 0 radical (unpaired) electrons. The highest BCUT2D eigenvalue weighted by atomic mass is 16.3. The van der Waals surface area contributed by atoms with Crippen molar-refractivity contribution in [3.63, 3.8) is 0 Å². The monoisotopic (exact) mass is 153 g/mol. The first-order chi connectivity index (χ1) is 5.22. The molecule has 11 heavy (non-hydrogen) atoms. The number of aryl methyl sites for hydroxylation is 1. The van der Waals surface area contributed by atoms with Gasteiger partial charge in [0.25, 0.3) is 0 Å². The molecule has 0 unspecified atom stereocenters. The molecule has 1 aromatic rings. The summed E-state index contributed by atoms with van der Waals surface area (Å²) in [5.41, 5.74) is 6.29. The molecule has 3 N–H and O–H groups in total. The SMILES string of the molecule is Cc1cc(N)nc(CCO)n1. The Morgan fingerprint density at radius 2 is 2.27 bits per heavy atom. The topological polar surface area (TPSA) is 72.0 Å². The molecule has 0 spiro atoms. The minimum absolute atomic E-state index is 0.0584. The second-order valence-electron chi connectivity index (χ2n) is 2.32. The van der Waals surface area contributed by atoms with Gasteiger partial charge in [0, 0.05) is 18.2 Å². The lowest BCUT2D eigenvalue weighted by molar-refractivity contribution is 0.296. The number of nitrogens with two attached hydrogens (primary N) is 1. The lowest BCUT2D eigenvalue weighted by Gasteiger charge is -1.99. The number of rotatable bonds is 2. The maximum Gasteiger partial charge on any atom is 0.133 e. The molecule has 0 aromatic carbocycles. The molecule has 1 heterocycles. The van der Waals surface area contributed by atoms with Gasteiger partial charge in [-0.3, -0.25) is 0 Å². The summed E-state index contributed by atoms with van der Waals surface area (Å²) in [4.78, 5) is 8.00. The van der Waals surface area contributed by atoms with Gasteiger partial charge in [-0.05, 0) is 6.92 Å². The second-order valence-corrected chi connectivity index (χ2v) is 2.32. The summed E-state index contributed by atoms with van der Waals surface area (Å²) < 4.78 is 0. The van der Waals surface area contributed by atoms with E-state index in [0.717, 1.165) is 5.69 Å². The van der Waals surface area contributed by atoms with E-state index in [0.29, 0.717) is 18.1 Å². The van der Waals surface area contributed by atoms with Crippen molar-refractivity contribution < 1.29 is 5.11 Å². The Balaban J connectivity index is 2.89. The van der Waals surface area contributed by atoms with Crippen molar-refractivity contribution in [2.75, 3.05) is 12.3 Å². The summed E-state index contributed by atoms with van der Waals surface area (Å²) >= 11 is 0. The zero-order chi connectivity index (χ0) is 8.27. The Morgan fingerprint density at radius 1 is 1.55 bits per heavy atom. The number of aliphatic hydroxyl groups excluding tert-OH is 1. The van der Waals surface area contributed by atoms with Crippen molar-refractivity contribution in [2.24, 2.45) is 0 Å². The standard InChI is InChI=1S/C7H11N3O/c1-5-4-6(8)10-7(9-5)2-3-11/h4,11H,2-3H2,1H3,(H2,8,9,10). The molecule has 60 valence electrons. The average Bonchev–Trinajstić information content (AvgIpc) is 1.85. The number of aromatic nitrogens is 2. The quantitative estimate of drug-likeness (QED) is 0.622.